The molecule has 0 atom stereocenters. The first-order valence-corrected chi connectivity index (χ1v) is 7.35. The van der Waals surface area contributed by atoms with Gasteiger partial charge in [0.15, 0.2) is 0 Å². The predicted octanol–water partition coefficient (Wildman–Crippen LogP) is 1.42. The largest absolute Gasteiger partial charge is 0.396 e. The molecule has 1 aromatic heterocycles. The molecule has 1 aromatic rings. The molecule has 0 aliphatic rings. The summed E-state index contributed by atoms with van der Waals surface area (Å²) in [5.41, 5.74) is -0.307. The molecule has 0 radical (unpaired) electrons. The van der Waals surface area contributed by atoms with E-state index in [0.717, 1.165) is 0 Å². The third-order valence-electron chi connectivity index (χ3n) is 2.54. The maximum Gasteiger partial charge on any atom is 0.240 e. The average Bonchev–Trinajstić information content (AvgIpc) is 2.27. The van der Waals surface area contributed by atoms with Crippen molar-refractivity contribution in [2.75, 3.05) is 13.2 Å². The number of aliphatic hydroxyl groups is 1. The Hall–Kier alpha value is -0.690. The van der Waals surface area contributed by atoms with E-state index in [2.05, 4.69) is 9.71 Å². The van der Waals surface area contributed by atoms with Gasteiger partial charge >= 0.3 is 0 Å². The summed E-state index contributed by atoms with van der Waals surface area (Å²) in [6, 6.07) is 2.68. The van der Waals surface area contributed by atoms with Crippen molar-refractivity contribution in [2.24, 2.45) is 5.41 Å². The van der Waals surface area contributed by atoms with Gasteiger partial charge in [-0.05, 0) is 24.0 Å². The number of halogens is 1. The number of aliphatic hydroxyl groups excluding tert-OH is 1. The Bertz CT molecular complexity index is 503. The summed E-state index contributed by atoms with van der Waals surface area (Å²) in [6.07, 6.45) is 1.86. The number of pyridine rings is 1. The van der Waals surface area contributed by atoms with Gasteiger partial charge in [0, 0.05) is 19.3 Å². The van der Waals surface area contributed by atoms with Crippen molar-refractivity contribution in [2.45, 2.75) is 25.2 Å². The van der Waals surface area contributed by atoms with Crippen LogP contribution in [0.4, 0.5) is 0 Å². The molecule has 18 heavy (non-hydrogen) atoms. The molecule has 5 nitrogen and oxygen atoms in total. The molecule has 0 fully saturated rings. The van der Waals surface area contributed by atoms with E-state index in [9.17, 15) is 8.42 Å². The van der Waals surface area contributed by atoms with Gasteiger partial charge < -0.3 is 5.11 Å². The lowest BCUT2D eigenvalue weighted by Gasteiger charge is -2.23. The summed E-state index contributed by atoms with van der Waals surface area (Å²) in [5, 5.41) is 9.01. The van der Waals surface area contributed by atoms with E-state index in [1.807, 2.05) is 13.8 Å². The zero-order chi connectivity index (χ0) is 13.8. The number of sulfonamides is 1. The molecule has 0 unspecified atom stereocenters. The van der Waals surface area contributed by atoms with Crippen LogP contribution in [0.25, 0.3) is 0 Å². The molecule has 0 amide bonds. The third-order valence-corrected chi connectivity index (χ3v) is 4.14. The number of nitrogens with one attached hydrogen (secondary N) is 1. The van der Waals surface area contributed by atoms with Gasteiger partial charge in [0.1, 0.15) is 5.15 Å². The van der Waals surface area contributed by atoms with Crippen molar-refractivity contribution < 1.29 is 13.5 Å². The van der Waals surface area contributed by atoms with Crippen LogP contribution >= 0.6 is 11.6 Å². The standard InChI is InChI=1S/C11H17ClN2O3S/c1-11(2,4-6-15)8-14-18(16,17)9-3-5-13-10(12)7-9/h3,5,7,14-15H,4,6,8H2,1-2H3. The summed E-state index contributed by atoms with van der Waals surface area (Å²) in [5.74, 6) is 0. The van der Waals surface area contributed by atoms with E-state index in [1.165, 1.54) is 18.3 Å². The molecule has 0 aliphatic heterocycles. The molecule has 7 heteroatoms. The Morgan fingerprint density at radius 1 is 1.50 bits per heavy atom. The normalized spacial score (nSPS) is 12.7. The van der Waals surface area contributed by atoms with Gasteiger partial charge in [-0.25, -0.2) is 18.1 Å². The van der Waals surface area contributed by atoms with Crippen molar-refractivity contribution in [3.63, 3.8) is 0 Å². The van der Waals surface area contributed by atoms with Crippen LogP contribution < -0.4 is 4.72 Å². The van der Waals surface area contributed by atoms with Crippen molar-refractivity contribution in [3.05, 3.63) is 23.5 Å². The van der Waals surface area contributed by atoms with E-state index in [1.54, 1.807) is 0 Å². The van der Waals surface area contributed by atoms with Crippen LogP contribution in [-0.2, 0) is 10.0 Å². The molecule has 1 heterocycles. The Morgan fingerprint density at radius 2 is 2.17 bits per heavy atom. The van der Waals surface area contributed by atoms with Crippen LogP contribution in [0.1, 0.15) is 20.3 Å². The first-order chi connectivity index (χ1) is 8.27. The Labute approximate surface area is 112 Å². The fourth-order valence-electron chi connectivity index (χ4n) is 1.32. The summed E-state index contributed by atoms with van der Waals surface area (Å²) in [7, 11) is -3.59. The van der Waals surface area contributed by atoms with Crippen LogP contribution in [-0.4, -0.2) is 31.7 Å². The number of rotatable bonds is 6. The molecule has 102 valence electrons. The Morgan fingerprint density at radius 3 is 2.72 bits per heavy atom. The van der Waals surface area contributed by atoms with Crippen LogP contribution in [0.15, 0.2) is 23.2 Å². The predicted molar refractivity (Wildman–Crippen MR) is 69.9 cm³/mol. The summed E-state index contributed by atoms with van der Waals surface area (Å²) < 4.78 is 26.5. The second-order valence-electron chi connectivity index (χ2n) is 4.78. The minimum Gasteiger partial charge on any atom is -0.396 e. The number of hydrogen-bond acceptors (Lipinski definition) is 4. The third kappa shape index (κ3) is 4.53. The van der Waals surface area contributed by atoms with E-state index < -0.39 is 10.0 Å². The minimum absolute atomic E-state index is 0.0236. The lowest BCUT2D eigenvalue weighted by Crippen LogP contribution is -2.34. The molecule has 0 aromatic carbocycles. The Balaban J connectivity index is 2.78. The van der Waals surface area contributed by atoms with Crippen LogP contribution in [0, 0.1) is 5.41 Å². The van der Waals surface area contributed by atoms with Gasteiger partial charge in [-0.1, -0.05) is 25.4 Å². The summed E-state index contributed by atoms with van der Waals surface area (Å²) in [4.78, 5) is 3.82. The van der Waals surface area contributed by atoms with E-state index in [0.29, 0.717) is 6.42 Å². The van der Waals surface area contributed by atoms with Crippen LogP contribution in [0.5, 0.6) is 0 Å². The SMILES string of the molecule is CC(C)(CCO)CNS(=O)(=O)c1ccnc(Cl)c1. The molecular formula is C11H17ClN2O3S. The highest BCUT2D eigenvalue weighted by molar-refractivity contribution is 7.89. The second-order valence-corrected chi connectivity index (χ2v) is 6.93. The maximum atomic E-state index is 12.0. The molecule has 2 N–H and O–H groups in total. The molecule has 0 aliphatic carbocycles. The lowest BCUT2D eigenvalue weighted by atomic mass is 9.90. The van der Waals surface area contributed by atoms with E-state index >= 15 is 0 Å². The highest BCUT2D eigenvalue weighted by Crippen LogP contribution is 2.20. The van der Waals surface area contributed by atoms with Crippen molar-refractivity contribution in [3.8, 4) is 0 Å². The van der Waals surface area contributed by atoms with Crippen LogP contribution in [0.3, 0.4) is 0 Å². The zero-order valence-electron chi connectivity index (χ0n) is 10.4. The smallest absolute Gasteiger partial charge is 0.240 e. The van der Waals surface area contributed by atoms with Crippen LogP contribution in [0.2, 0.25) is 5.15 Å². The first-order valence-electron chi connectivity index (χ1n) is 5.49. The molecule has 1 rings (SSSR count). The minimum atomic E-state index is -3.59. The molecule has 0 spiro atoms. The van der Waals surface area contributed by atoms with Gasteiger partial charge in [0.05, 0.1) is 4.90 Å². The fourth-order valence-corrected chi connectivity index (χ4v) is 2.81. The highest BCUT2D eigenvalue weighted by Gasteiger charge is 2.22. The van der Waals surface area contributed by atoms with Gasteiger partial charge in [-0.15, -0.1) is 0 Å². The average molecular weight is 293 g/mol. The fraction of sp³-hybridized carbons (Fsp3) is 0.545. The number of aromatic nitrogens is 1. The molecular weight excluding hydrogens is 276 g/mol. The van der Waals surface area contributed by atoms with Crippen molar-refractivity contribution in [1.82, 2.24) is 9.71 Å². The van der Waals surface area contributed by atoms with Crippen molar-refractivity contribution >= 4 is 21.6 Å². The lowest BCUT2D eigenvalue weighted by molar-refractivity contribution is 0.213. The number of hydrogen-bond donors (Lipinski definition) is 2. The van der Waals surface area contributed by atoms with Gasteiger partial charge in [0.2, 0.25) is 10.0 Å². The maximum absolute atomic E-state index is 12.0. The second kappa shape index (κ2) is 5.97. The highest BCUT2D eigenvalue weighted by atomic mass is 35.5. The quantitative estimate of drug-likeness (QED) is 0.777. The van der Waals surface area contributed by atoms with Gasteiger partial charge in [-0.3, -0.25) is 0 Å². The molecule has 0 saturated heterocycles. The monoisotopic (exact) mass is 292 g/mol. The zero-order valence-corrected chi connectivity index (χ0v) is 11.9. The summed E-state index contributed by atoms with van der Waals surface area (Å²) >= 11 is 5.65. The molecule has 0 saturated carbocycles. The summed E-state index contributed by atoms with van der Waals surface area (Å²) in [6.45, 7) is 4.03. The van der Waals surface area contributed by atoms with Crippen molar-refractivity contribution in [1.29, 1.82) is 0 Å². The van der Waals surface area contributed by atoms with Gasteiger partial charge in [0.25, 0.3) is 0 Å². The first kappa shape index (κ1) is 15.4. The Kier molecular flexibility index (Phi) is 5.10. The van der Waals surface area contributed by atoms with E-state index in [4.69, 9.17) is 16.7 Å². The topological polar surface area (TPSA) is 79.3 Å². The van der Waals surface area contributed by atoms with Gasteiger partial charge in [-0.2, -0.15) is 0 Å². The molecule has 0 bridgehead atoms. The number of nitrogens with zero attached hydrogens (tertiary/aromatic N) is 1. The van der Waals surface area contributed by atoms with E-state index in [-0.39, 0.29) is 28.6 Å².